The number of benzene rings is 1. The summed E-state index contributed by atoms with van der Waals surface area (Å²) in [7, 11) is 0. The van der Waals surface area contributed by atoms with Gasteiger partial charge in [0.25, 0.3) is 0 Å². The SMILES string of the molecule is NC(=S)COc1ccccc1NC(=O)CC1CCSCC1. The smallest absolute Gasteiger partial charge is 0.224 e. The van der Waals surface area contributed by atoms with Crippen molar-refractivity contribution in [3.8, 4) is 5.75 Å². The number of anilines is 1. The molecule has 0 saturated carbocycles. The molecule has 1 aromatic rings. The summed E-state index contributed by atoms with van der Waals surface area (Å²) in [5.74, 6) is 3.45. The van der Waals surface area contributed by atoms with Crippen molar-refractivity contribution in [3.05, 3.63) is 24.3 Å². The van der Waals surface area contributed by atoms with E-state index in [2.05, 4.69) is 5.32 Å². The molecule has 1 heterocycles. The second-order valence-corrected chi connectivity index (χ2v) is 6.81. The van der Waals surface area contributed by atoms with Crippen LogP contribution in [0.25, 0.3) is 0 Å². The van der Waals surface area contributed by atoms with E-state index in [1.807, 2.05) is 30.0 Å². The maximum Gasteiger partial charge on any atom is 0.224 e. The topological polar surface area (TPSA) is 64.3 Å². The number of thiocarbonyl (C=S) groups is 1. The van der Waals surface area contributed by atoms with Crippen LogP contribution in [0.3, 0.4) is 0 Å². The second-order valence-electron chi connectivity index (χ2n) is 5.06. The van der Waals surface area contributed by atoms with E-state index >= 15 is 0 Å². The molecule has 1 fully saturated rings. The van der Waals surface area contributed by atoms with Crippen LogP contribution in [0.15, 0.2) is 24.3 Å². The molecule has 0 bridgehead atoms. The molecule has 1 aliphatic rings. The first-order chi connectivity index (χ1) is 10.1. The lowest BCUT2D eigenvalue weighted by Crippen LogP contribution is -2.21. The van der Waals surface area contributed by atoms with Crippen LogP contribution in [0.2, 0.25) is 0 Å². The highest BCUT2D eigenvalue weighted by Gasteiger charge is 2.18. The van der Waals surface area contributed by atoms with E-state index < -0.39 is 0 Å². The summed E-state index contributed by atoms with van der Waals surface area (Å²) in [5, 5.41) is 2.93. The molecule has 1 amide bonds. The molecule has 1 aliphatic heterocycles. The largest absolute Gasteiger partial charge is 0.484 e. The highest BCUT2D eigenvalue weighted by Crippen LogP contribution is 2.27. The van der Waals surface area contributed by atoms with Gasteiger partial charge in [0.05, 0.1) is 5.69 Å². The molecule has 0 unspecified atom stereocenters. The van der Waals surface area contributed by atoms with Gasteiger partial charge in [-0.25, -0.2) is 0 Å². The fourth-order valence-corrected chi connectivity index (χ4v) is 3.52. The van der Waals surface area contributed by atoms with E-state index in [0.29, 0.717) is 23.8 Å². The number of ether oxygens (including phenoxy) is 1. The van der Waals surface area contributed by atoms with Crippen molar-refractivity contribution in [2.75, 3.05) is 23.4 Å². The fraction of sp³-hybridized carbons (Fsp3) is 0.467. The lowest BCUT2D eigenvalue weighted by Gasteiger charge is -2.21. The van der Waals surface area contributed by atoms with Crippen LogP contribution in [0, 0.1) is 5.92 Å². The first-order valence-corrected chi connectivity index (χ1v) is 8.59. The van der Waals surface area contributed by atoms with E-state index in [0.717, 1.165) is 24.3 Å². The Morgan fingerprint density at radius 3 is 2.81 bits per heavy atom. The summed E-state index contributed by atoms with van der Waals surface area (Å²) in [6.07, 6.45) is 2.82. The molecule has 1 saturated heterocycles. The number of carbonyl (C=O) groups is 1. The minimum Gasteiger partial charge on any atom is -0.484 e. The Bertz CT molecular complexity index is 502. The van der Waals surface area contributed by atoms with E-state index in [4.69, 9.17) is 22.7 Å². The molecule has 0 aromatic heterocycles. The molecule has 21 heavy (non-hydrogen) atoms. The third kappa shape index (κ3) is 5.55. The van der Waals surface area contributed by atoms with Crippen LogP contribution in [-0.2, 0) is 4.79 Å². The summed E-state index contributed by atoms with van der Waals surface area (Å²) in [6.45, 7) is 0.169. The molecule has 0 spiro atoms. The number of thioether (sulfide) groups is 1. The zero-order valence-electron chi connectivity index (χ0n) is 11.8. The highest BCUT2D eigenvalue weighted by molar-refractivity contribution is 7.99. The van der Waals surface area contributed by atoms with Crippen LogP contribution < -0.4 is 15.8 Å². The first kappa shape index (κ1) is 16.1. The van der Waals surface area contributed by atoms with Gasteiger partial charge in [-0.15, -0.1) is 0 Å². The van der Waals surface area contributed by atoms with Gasteiger partial charge in [0.2, 0.25) is 5.91 Å². The van der Waals surface area contributed by atoms with E-state index in [9.17, 15) is 4.79 Å². The molecular formula is C15H20N2O2S2. The second kappa shape index (κ2) is 8.24. The number of rotatable bonds is 6. The number of nitrogens with two attached hydrogens (primary N) is 1. The van der Waals surface area contributed by atoms with Gasteiger partial charge < -0.3 is 15.8 Å². The lowest BCUT2D eigenvalue weighted by molar-refractivity contribution is -0.117. The number of hydrogen-bond acceptors (Lipinski definition) is 4. The molecule has 0 radical (unpaired) electrons. The average molecular weight is 324 g/mol. The van der Waals surface area contributed by atoms with Crippen LogP contribution in [0.4, 0.5) is 5.69 Å². The quantitative estimate of drug-likeness (QED) is 0.788. The molecule has 0 aliphatic carbocycles. The van der Waals surface area contributed by atoms with Crippen molar-refractivity contribution in [3.63, 3.8) is 0 Å². The molecule has 4 nitrogen and oxygen atoms in total. The Labute approximate surface area is 134 Å². The van der Waals surface area contributed by atoms with Gasteiger partial charge in [0, 0.05) is 6.42 Å². The molecule has 0 atom stereocenters. The Morgan fingerprint density at radius 1 is 1.38 bits per heavy atom. The van der Waals surface area contributed by atoms with Crippen LogP contribution >= 0.6 is 24.0 Å². The minimum atomic E-state index is 0.0401. The predicted octanol–water partition coefficient (Wildman–Crippen LogP) is 2.82. The van der Waals surface area contributed by atoms with Gasteiger partial charge in [0.1, 0.15) is 17.3 Å². The zero-order chi connectivity index (χ0) is 15.1. The molecule has 6 heteroatoms. The number of hydrogen-bond donors (Lipinski definition) is 2. The summed E-state index contributed by atoms with van der Waals surface area (Å²) in [4.78, 5) is 12.4. The van der Waals surface area contributed by atoms with E-state index in [1.165, 1.54) is 0 Å². The third-order valence-corrected chi connectivity index (χ3v) is 4.51. The standard InChI is InChI=1S/C15H20N2O2S2/c16-14(20)10-19-13-4-2-1-3-12(13)17-15(18)9-11-5-7-21-8-6-11/h1-4,11H,5-10H2,(H2,16,20)(H,17,18). The molecule has 3 N–H and O–H groups in total. The van der Waals surface area contributed by atoms with Gasteiger partial charge in [-0.1, -0.05) is 24.4 Å². The summed E-state index contributed by atoms with van der Waals surface area (Å²) in [6, 6.07) is 7.33. The third-order valence-electron chi connectivity index (χ3n) is 3.35. The van der Waals surface area contributed by atoms with Gasteiger partial charge in [-0.3, -0.25) is 4.79 Å². The van der Waals surface area contributed by atoms with Crippen molar-refractivity contribution in [1.29, 1.82) is 0 Å². The lowest BCUT2D eigenvalue weighted by atomic mass is 9.98. The summed E-state index contributed by atoms with van der Waals surface area (Å²) >= 11 is 6.76. The van der Waals surface area contributed by atoms with Crippen molar-refractivity contribution in [1.82, 2.24) is 0 Å². The number of carbonyl (C=O) groups excluding carboxylic acids is 1. The maximum absolute atomic E-state index is 12.1. The fourth-order valence-electron chi connectivity index (χ4n) is 2.26. The minimum absolute atomic E-state index is 0.0401. The van der Waals surface area contributed by atoms with Gasteiger partial charge in [-0.05, 0) is 42.4 Å². The van der Waals surface area contributed by atoms with Crippen molar-refractivity contribution in [2.45, 2.75) is 19.3 Å². The molecular weight excluding hydrogens is 304 g/mol. The molecule has 2 rings (SSSR count). The predicted molar refractivity (Wildman–Crippen MR) is 92.0 cm³/mol. The number of nitrogens with one attached hydrogen (secondary N) is 1. The first-order valence-electron chi connectivity index (χ1n) is 7.03. The van der Waals surface area contributed by atoms with Crippen LogP contribution in [-0.4, -0.2) is 29.0 Å². The number of para-hydroxylation sites is 2. The number of amides is 1. The van der Waals surface area contributed by atoms with Gasteiger partial charge >= 0.3 is 0 Å². The van der Waals surface area contributed by atoms with Crippen LogP contribution in [0.1, 0.15) is 19.3 Å². The van der Waals surface area contributed by atoms with E-state index in [1.54, 1.807) is 6.07 Å². The highest BCUT2D eigenvalue weighted by atomic mass is 32.2. The van der Waals surface area contributed by atoms with Crippen LogP contribution in [0.5, 0.6) is 5.75 Å². The van der Waals surface area contributed by atoms with Gasteiger partial charge in [0.15, 0.2) is 0 Å². The van der Waals surface area contributed by atoms with Gasteiger partial charge in [-0.2, -0.15) is 11.8 Å². The Kier molecular flexibility index (Phi) is 6.32. The zero-order valence-corrected chi connectivity index (χ0v) is 13.5. The summed E-state index contributed by atoms with van der Waals surface area (Å²) in [5.41, 5.74) is 6.10. The maximum atomic E-state index is 12.1. The molecule has 114 valence electrons. The Hall–Kier alpha value is -1.27. The van der Waals surface area contributed by atoms with E-state index in [-0.39, 0.29) is 17.5 Å². The molecule has 1 aromatic carbocycles. The van der Waals surface area contributed by atoms with Crippen molar-refractivity contribution < 1.29 is 9.53 Å². The van der Waals surface area contributed by atoms with Crippen molar-refractivity contribution >= 4 is 40.6 Å². The normalized spacial score (nSPS) is 15.4. The average Bonchev–Trinajstić information content (AvgIpc) is 2.47. The Morgan fingerprint density at radius 2 is 2.10 bits per heavy atom. The summed E-state index contributed by atoms with van der Waals surface area (Å²) < 4.78 is 5.51. The van der Waals surface area contributed by atoms with Crippen molar-refractivity contribution in [2.24, 2.45) is 11.7 Å². The Balaban J connectivity index is 1.91. The monoisotopic (exact) mass is 324 g/mol.